The first-order valence-corrected chi connectivity index (χ1v) is 4.79. The number of halogens is 1. The van der Waals surface area contributed by atoms with Gasteiger partial charge in [0.1, 0.15) is 0 Å². The lowest BCUT2D eigenvalue weighted by Gasteiger charge is -2.20. The normalized spacial score (nSPS) is 28.4. The van der Waals surface area contributed by atoms with Gasteiger partial charge in [-0.1, -0.05) is 12.2 Å². The Hall–Kier alpha value is -0.390. The van der Waals surface area contributed by atoms with E-state index in [4.69, 9.17) is 5.11 Å². The molecule has 4 heteroatoms. The van der Waals surface area contributed by atoms with Crippen molar-refractivity contribution in [3.05, 3.63) is 12.2 Å². The zero-order valence-electron chi connectivity index (χ0n) is 6.37. The van der Waals surface area contributed by atoms with Gasteiger partial charge in [-0.25, -0.2) is 0 Å². The maximum atomic E-state index is 11.0. The Kier molecular flexibility index (Phi) is 3.25. The summed E-state index contributed by atoms with van der Waals surface area (Å²) in [4.78, 5) is 21.7. The van der Waals surface area contributed by atoms with Gasteiger partial charge in [0, 0.05) is 5.92 Å². The third-order valence-electron chi connectivity index (χ3n) is 2.00. The lowest BCUT2D eigenvalue weighted by Crippen LogP contribution is -2.27. The smallest absolute Gasteiger partial charge is 0.311 e. The Labute approximate surface area is 84.0 Å². The molecule has 0 amide bonds. The second-order valence-corrected chi connectivity index (χ2v) is 3.84. The maximum absolute atomic E-state index is 11.0. The molecular weight excluding hydrogens is 271 g/mol. The SMILES string of the molecule is O=C(O)C1C=CCCC1C(=O)I. The number of allylic oxidation sites excluding steroid dienone is 1. The van der Waals surface area contributed by atoms with E-state index in [1.54, 1.807) is 28.7 Å². The van der Waals surface area contributed by atoms with E-state index in [0.29, 0.717) is 6.42 Å². The minimum Gasteiger partial charge on any atom is -0.481 e. The molecule has 0 heterocycles. The van der Waals surface area contributed by atoms with Gasteiger partial charge in [0.15, 0.2) is 3.79 Å². The topological polar surface area (TPSA) is 54.4 Å². The van der Waals surface area contributed by atoms with Crippen LogP contribution >= 0.6 is 22.6 Å². The van der Waals surface area contributed by atoms with Gasteiger partial charge in [-0.2, -0.15) is 0 Å². The van der Waals surface area contributed by atoms with Gasteiger partial charge in [0.05, 0.1) is 5.92 Å². The molecule has 1 aliphatic rings. The van der Waals surface area contributed by atoms with Crippen molar-refractivity contribution < 1.29 is 14.7 Å². The average Bonchev–Trinajstić information content (AvgIpc) is 2.04. The van der Waals surface area contributed by atoms with Crippen molar-refractivity contribution in [2.24, 2.45) is 11.8 Å². The number of carboxylic acids is 1. The average molecular weight is 280 g/mol. The van der Waals surface area contributed by atoms with Crippen LogP contribution in [-0.2, 0) is 9.59 Å². The van der Waals surface area contributed by atoms with Crippen LogP contribution in [0, 0.1) is 11.8 Å². The largest absolute Gasteiger partial charge is 0.481 e. The molecule has 66 valence electrons. The molecule has 3 nitrogen and oxygen atoms in total. The van der Waals surface area contributed by atoms with Gasteiger partial charge in [-0.05, 0) is 35.4 Å². The highest BCUT2D eigenvalue weighted by atomic mass is 127. The Balaban J connectivity index is 2.79. The first-order chi connectivity index (χ1) is 5.63. The molecule has 1 N–H and O–H groups in total. The van der Waals surface area contributed by atoms with Crippen LogP contribution in [0.1, 0.15) is 12.8 Å². The van der Waals surface area contributed by atoms with Gasteiger partial charge in [0.25, 0.3) is 0 Å². The third-order valence-corrected chi connectivity index (χ3v) is 2.80. The molecular formula is C8H9IO3. The third kappa shape index (κ3) is 2.06. The molecule has 0 fully saturated rings. The van der Waals surface area contributed by atoms with Crippen molar-refractivity contribution in [3.8, 4) is 0 Å². The molecule has 1 rings (SSSR count). The summed E-state index contributed by atoms with van der Waals surface area (Å²) >= 11 is 1.67. The highest BCUT2D eigenvalue weighted by molar-refractivity contribution is 14.1. The van der Waals surface area contributed by atoms with Gasteiger partial charge < -0.3 is 5.11 Å². The Bertz CT molecular complexity index is 234. The molecule has 0 aromatic heterocycles. The highest BCUT2D eigenvalue weighted by Crippen LogP contribution is 2.27. The standard InChI is InChI=1S/C8H9IO3/c9-7(10)5-3-1-2-4-6(5)8(11)12/h2,4-6H,1,3H2,(H,11,12). The molecule has 0 aromatic carbocycles. The van der Waals surface area contributed by atoms with Gasteiger partial charge >= 0.3 is 5.97 Å². The van der Waals surface area contributed by atoms with E-state index in [1.807, 2.05) is 6.08 Å². The maximum Gasteiger partial charge on any atom is 0.311 e. The number of rotatable bonds is 2. The van der Waals surface area contributed by atoms with Crippen molar-refractivity contribution in [3.63, 3.8) is 0 Å². The van der Waals surface area contributed by atoms with Crippen LogP contribution in [0.3, 0.4) is 0 Å². The molecule has 0 aromatic rings. The van der Waals surface area contributed by atoms with E-state index in [-0.39, 0.29) is 9.71 Å². The summed E-state index contributed by atoms with van der Waals surface area (Å²) in [6.07, 6.45) is 4.92. The summed E-state index contributed by atoms with van der Waals surface area (Å²) in [5.41, 5.74) is 0. The summed E-state index contributed by atoms with van der Waals surface area (Å²) in [6.45, 7) is 0. The molecule has 0 bridgehead atoms. The fourth-order valence-electron chi connectivity index (χ4n) is 1.34. The van der Waals surface area contributed by atoms with Crippen LogP contribution in [0.25, 0.3) is 0 Å². The van der Waals surface area contributed by atoms with Crippen LogP contribution in [0.5, 0.6) is 0 Å². The van der Waals surface area contributed by atoms with Crippen LogP contribution in [0.2, 0.25) is 0 Å². The van der Waals surface area contributed by atoms with E-state index in [1.165, 1.54) is 0 Å². The summed E-state index contributed by atoms with van der Waals surface area (Å²) in [5, 5.41) is 8.75. The number of carboxylic acid groups (broad SMARTS) is 1. The lowest BCUT2D eigenvalue weighted by molar-refractivity contribution is -0.143. The van der Waals surface area contributed by atoms with Crippen molar-refractivity contribution in [2.75, 3.05) is 0 Å². The minimum absolute atomic E-state index is 0.0515. The molecule has 0 radical (unpaired) electrons. The van der Waals surface area contributed by atoms with E-state index >= 15 is 0 Å². The molecule has 1 aliphatic carbocycles. The number of aliphatic carboxylic acids is 1. The van der Waals surface area contributed by atoms with Crippen molar-refractivity contribution in [2.45, 2.75) is 12.8 Å². The fraction of sp³-hybridized carbons (Fsp3) is 0.500. The quantitative estimate of drug-likeness (QED) is 0.475. The first kappa shape index (κ1) is 9.70. The Morgan fingerprint density at radius 1 is 1.50 bits per heavy atom. The van der Waals surface area contributed by atoms with E-state index in [2.05, 4.69) is 0 Å². The summed E-state index contributed by atoms with van der Waals surface area (Å²) in [5.74, 6) is -1.84. The van der Waals surface area contributed by atoms with Gasteiger partial charge in [-0.3, -0.25) is 9.59 Å². The summed E-state index contributed by atoms with van der Waals surface area (Å²) in [6, 6.07) is 0. The predicted octanol–water partition coefficient (Wildman–Crippen LogP) is 1.61. The van der Waals surface area contributed by atoms with E-state index in [0.717, 1.165) is 6.42 Å². The molecule has 2 unspecified atom stereocenters. The monoisotopic (exact) mass is 280 g/mol. The molecule has 0 spiro atoms. The fourth-order valence-corrected chi connectivity index (χ4v) is 2.04. The Morgan fingerprint density at radius 2 is 2.17 bits per heavy atom. The molecule has 2 atom stereocenters. The zero-order chi connectivity index (χ0) is 9.14. The molecule has 0 aliphatic heterocycles. The lowest BCUT2D eigenvalue weighted by atomic mass is 9.85. The molecule has 12 heavy (non-hydrogen) atoms. The number of hydrogen-bond acceptors (Lipinski definition) is 2. The zero-order valence-corrected chi connectivity index (χ0v) is 8.52. The highest BCUT2D eigenvalue weighted by Gasteiger charge is 2.31. The number of hydrogen-bond donors (Lipinski definition) is 1. The predicted molar refractivity (Wildman–Crippen MR) is 52.0 cm³/mol. The van der Waals surface area contributed by atoms with Crippen molar-refractivity contribution in [1.29, 1.82) is 0 Å². The van der Waals surface area contributed by atoms with Gasteiger partial charge in [-0.15, -0.1) is 0 Å². The van der Waals surface area contributed by atoms with E-state index < -0.39 is 11.9 Å². The van der Waals surface area contributed by atoms with Crippen molar-refractivity contribution >= 4 is 32.4 Å². The second-order valence-electron chi connectivity index (χ2n) is 2.78. The number of carbonyl (C=O) groups is 2. The van der Waals surface area contributed by atoms with Crippen LogP contribution in [0.15, 0.2) is 12.2 Å². The van der Waals surface area contributed by atoms with Crippen molar-refractivity contribution in [1.82, 2.24) is 0 Å². The number of carbonyl (C=O) groups excluding carboxylic acids is 1. The second kappa shape index (κ2) is 4.02. The molecule has 0 saturated heterocycles. The van der Waals surface area contributed by atoms with Crippen LogP contribution in [-0.4, -0.2) is 14.9 Å². The Morgan fingerprint density at radius 3 is 2.58 bits per heavy atom. The minimum atomic E-state index is -0.902. The van der Waals surface area contributed by atoms with Crippen LogP contribution < -0.4 is 0 Å². The van der Waals surface area contributed by atoms with Gasteiger partial charge in [0.2, 0.25) is 0 Å². The summed E-state index contributed by atoms with van der Waals surface area (Å²) < 4.78 is -0.0515. The van der Waals surface area contributed by atoms with Crippen LogP contribution in [0.4, 0.5) is 0 Å². The molecule has 0 saturated carbocycles. The van der Waals surface area contributed by atoms with E-state index in [9.17, 15) is 9.59 Å². The first-order valence-electron chi connectivity index (χ1n) is 3.71. The summed E-state index contributed by atoms with van der Waals surface area (Å²) in [7, 11) is 0.